The van der Waals surface area contributed by atoms with Gasteiger partial charge in [0.15, 0.2) is 5.82 Å². The van der Waals surface area contributed by atoms with Gasteiger partial charge in [-0.2, -0.15) is 0 Å². The van der Waals surface area contributed by atoms with Crippen molar-refractivity contribution in [3.63, 3.8) is 0 Å². The average Bonchev–Trinajstić information content (AvgIpc) is 3.58. The first-order valence-corrected chi connectivity index (χ1v) is 17.3. The molecule has 0 unspecified atom stereocenters. The maximum absolute atomic E-state index is 5.30. The van der Waals surface area contributed by atoms with E-state index < -0.39 is 0 Å². The summed E-state index contributed by atoms with van der Waals surface area (Å²) in [6.45, 7) is 0. The molecule has 0 spiro atoms. The van der Waals surface area contributed by atoms with E-state index in [1.807, 2.05) is 23.5 Å². The molecule has 9 aromatic rings. The molecule has 7 aromatic carbocycles. The van der Waals surface area contributed by atoms with Gasteiger partial charge >= 0.3 is 0 Å². The molecular formula is C46H30N2S. The zero-order chi connectivity index (χ0) is 32.6. The normalized spacial score (nSPS) is 11.3. The molecule has 2 aromatic heterocycles. The zero-order valence-electron chi connectivity index (χ0n) is 26.6. The predicted octanol–water partition coefficient (Wildman–Crippen LogP) is 12.8. The summed E-state index contributed by atoms with van der Waals surface area (Å²) < 4.78 is 2.59. The molecule has 0 amide bonds. The summed E-state index contributed by atoms with van der Waals surface area (Å²) in [5.41, 5.74) is 11.9. The largest absolute Gasteiger partial charge is 0.228 e. The molecule has 49 heavy (non-hydrogen) atoms. The molecule has 2 heterocycles. The lowest BCUT2D eigenvalue weighted by Crippen LogP contribution is -1.97. The van der Waals surface area contributed by atoms with E-state index in [9.17, 15) is 0 Å². The van der Waals surface area contributed by atoms with E-state index in [1.54, 1.807) is 0 Å². The van der Waals surface area contributed by atoms with E-state index in [1.165, 1.54) is 36.9 Å². The number of thiophene rings is 1. The van der Waals surface area contributed by atoms with E-state index >= 15 is 0 Å². The lowest BCUT2D eigenvalue weighted by molar-refractivity contribution is 1.18. The van der Waals surface area contributed by atoms with Gasteiger partial charge in [-0.15, -0.1) is 11.3 Å². The van der Waals surface area contributed by atoms with Gasteiger partial charge < -0.3 is 0 Å². The van der Waals surface area contributed by atoms with Gasteiger partial charge in [0, 0.05) is 36.9 Å². The van der Waals surface area contributed by atoms with Gasteiger partial charge in [0.25, 0.3) is 0 Å². The van der Waals surface area contributed by atoms with Crippen molar-refractivity contribution < 1.29 is 0 Å². The van der Waals surface area contributed by atoms with Crippen LogP contribution in [0.1, 0.15) is 0 Å². The van der Waals surface area contributed by atoms with Gasteiger partial charge in [-0.05, 0) is 75.8 Å². The van der Waals surface area contributed by atoms with E-state index in [2.05, 4.69) is 170 Å². The molecule has 2 nitrogen and oxygen atoms in total. The standard InChI is InChI=1S/C46H30N2S/c1-4-14-31(15-5-1)34-20-12-21-35(26-34)46-47-41(33-18-8-3-9-19-33)30-42(48-46)38-28-36(32-16-6-2-7-17-32)27-37(29-38)39-23-13-25-44-45(39)40-22-10-11-24-43(40)49-44/h1-30H. The quantitative estimate of drug-likeness (QED) is 0.180. The first kappa shape index (κ1) is 29.0. The van der Waals surface area contributed by atoms with Gasteiger partial charge in [-0.1, -0.05) is 140 Å². The van der Waals surface area contributed by atoms with Gasteiger partial charge in [0.05, 0.1) is 11.4 Å². The van der Waals surface area contributed by atoms with Crippen molar-refractivity contribution in [2.75, 3.05) is 0 Å². The van der Waals surface area contributed by atoms with Gasteiger partial charge in [0.1, 0.15) is 0 Å². The first-order valence-electron chi connectivity index (χ1n) is 16.5. The van der Waals surface area contributed by atoms with Crippen LogP contribution in [-0.2, 0) is 0 Å². The summed E-state index contributed by atoms with van der Waals surface area (Å²) >= 11 is 1.85. The molecule has 0 N–H and O–H groups in total. The molecule has 3 heteroatoms. The number of aromatic nitrogens is 2. The summed E-state index contributed by atoms with van der Waals surface area (Å²) in [6.07, 6.45) is 0. The Balaban J connectivity index is 1.28. The summed E-state index contributed by atoms with van der Waals surface area (Å²) in [5.74, 6) is 0.701. The van der Waals surface area contributed by atoms with Crippen LogP contribution >= 0.6 is 11.3 Å². The average molecular weight is 643 g/mol. The third-order valence-electron chi connectivity index (χ3n) is 9.07. The van der Waals surface area contributed by atoms with Crippen molar-refractivity contribution in [1.29, 1.82) is 0 Å². The fraction of sp³-hybridized carbons (Fsp3) is 0. The Kier molecular flexibility index (Phi) is 7.38. The number of hydrogen-bond donors (Lipinski definition) is 0. The Morgan fingerprint density at radius 1 is 0.327 bits per heavy atom. The number of fused-ring (bicyclic) bond motifs is 3. The Labute approximate surface area is 289 Å². The van der Waals surface area contributed by atoms with Crippen LogP contribution in [0.2, 0.25) is 0 Å². The van der Waals surface area contributed by atoms with Crippen LogP contribution in [0.15, 0.2) is 182 Å². The smallest absolute Gasteiger partial charge is 0.160 e. The molecule has 0 saturated carbocycles. The van der Waals surface area contributed by atoms with Crippen LogP contribution in [0.3, 0.4) is 0 Å². The molecule has 0 radical (unpaired) electrons. The molecular weight excluding hydrogens is 613 g/mol. The molecule has 0 atom stereocenters. The topological polar surface area (TPSA) is 25.8 Å². The Morgan fingerprint density at radius 3 is 1.59 bits per heavy atom. The van der Waals surface area contributed by atoms with Gasteiger partial charge in [0.2, 0.25) is 0 Å². The highest BCUT2D eigenvalue weighted by Gasteiger charge is 2.16. The highest BCUT2D eigenvalue weighted by molar-refractivity contribution is 7.25. The Bertz CT molecular complexity index is 2590. The third kappa shape index (κ3) is 5.61. The maximum atomic E-state index is 5.30. The van der Waals surface area contributed by atoms with Crippen molar-refractivity contribution in [2.24, 2.45) is 0 Å². The monoisotopic (exact) mass is 642 g/mol. The summed E-state index contributed by atoms with van der Waals surface area (Å²) in [7, 11) is 0. The van der Waals surface area contributed by atoms with Crippen molar-refractivity contribution in [2.45, 2.75) is 0 Å². The van der Waals surface area contributed by atoms with Crippen LogP contribution in [0, 0.1) is 0 Å². The third-order valence-corrected chi connectivity index (χ3v) is 10.2. The minimum absolute atomic E-state index is 0.701. The maximum Gasteiger partial charge on any atom is 0.160 e. The summed E-state index contributed by atoms with van der Waals surface area (Å²) in [5, 5.41) is 2.59. The fourth-order valence-corrected chi connectivity index (χ4v) is 7.83. The lowest BCUT2D eigenvalue weighted by Gasteiger charge is -2.14. The van der Waals surface area contributed by atoms with Gasteiger partial charge in [-0.3, -0.25) is 0 Å². The van der Waals surface area contributed by atoms with Crippen LogP contribution in [0.25, 0.3) is 87.5 Å². The van der Waals surface area contributed by atoms with Crippen LogP contribution in [0.4, 0.5) is 0 Å². The summed E-state index contributed by atoms with van der Waals surface area (Å²) in [4.78, 5) is 10.5. The number of benzene rings is 7. The van der Waals surface area contributed by atoms with Crippen LogP contribution in [0.5, 0.6) is 0 Å². The second kappa shape index (κ2) is 12.5. The lowest BCUT2D eigenvalue weighted by atomic mass is 9.92. The number of rotatable bonds is 6. The van der Waals surface area contributed by atoms with Crippen molar-refractivity contribution in [3.8, 4) is 67.3 Å². The molecule has 0 saturated heterocycles. The zero-order valence-corrected chi connectivity index (χ0v) is 27.4. The Hall–Kier alpha value is -6.16. The summed E-state index contributed by atoms with van der Waals surface area (Å²) in [6, 6.07) is 64.4. The van der Waals surface area contributed by atoms with E-state index in [4.69, 9.17) is 9.97 Å². The highest BCUT2D eigenvalue weighted by atomic mass is 32.1. The predicted molar refractivity (Wildman–Crippen MR) is 208 cm³/mol. The molecule has 0 aliphatic heterocycles. The highest BCUT2D eigenvalue weighted by Crippen LogP contribution is 2.42. The molecule has 0 bridgehead atoms. The minimum Gasteiger partial charge on any atom is -0.228 e. The molecule has 0 aliphatic rings. The second-order valence-electron chi connectivity index (χ2n) is 12.2. The van der Waals surface area contributed by atoms with Crippen LogP contribution < -0.4 is 0 Å². The first-order chi connectivity index (χ1) is 24.3. The Morgan fingerprint density at radius 2 is 0.837 bits per heavy atom. The van der Waals surface area contributed by atoms with Crippen molar-refractivity contribution >= 4 is 31.5 Å². The van der Waals surface area contributed by atoms with Crippen molar-refractivity contribution in [3.05, 3.63) is 182 Å². The SMILES string of the molecule is c1ccc(-c2cccc(-c3nc(-c4ccccc4)cc(-c4cc(-c5ccccc5)cc(-c5cccc6sc7ccccc7c56)c4)n3)c2)cc1. The van der Waals surface area contributed by atoms with Gasteiger partial charge in [-0.25, -0.2) is 9.97 Å². The van der Waals surface area contributed by atoms with Crippen LogP contribution in [-0.4, -0.2) is 9.97 Å². The molecule has 0 fully saturated rings. The molecule has 0 aliphatic carbocycles. The van der Waals surface area contributed by atoms with E-state index in [0.717, 1.165) is 44.8 Å². The molecule has 9 rings (SSSR count). The fourth-order valence-electron chi connectivity index (χ4n) is 6.69. The van der Waals surface area contributed by atoms with E-state index in [-0.39, 0.29) is 0 Å². The second-order valence-corrected chi connectivity index (χ2v) is 13.3. The van der Waals surface area contributed by atoms with Crippen molar-refractivity contribution in [1.82, 2.24) is 9.97 Å². The minimum atomic E-state index is 0.701. The molecule has 230 valence electrons. The van der Waals surface area contributed by atoms with E-state index in [0.29, 0.717) is 5.82 Å². The number of hydrogen-bond acceptors (Lipinski definition) is 3. The number of nitrogens with zero attached hydrogens (tertiary/aromatic N) is 2.